The molecule has 1 aliphatic heterocycles. The van der Waals surface area contributed by atoms with Crippen LogP contribution >= 0.6 is 0 Å². The molecule has 0 atom stereocenters. The summed E-state index contributed by atoms with van der Waals surface area (Å²) in [6.45, 7) is 1.41. The van der Waals surface area contributed by atoms with Gasteiger partial charge in [0.2, 0.25) is 5.65 Å². The molecule has 0 unspecified atom stereocenters. The molecule has 1 fully saturated rings. The van der Waals surface area contributed by atoms with E-state index in [0.717, 1.165) is 29.6 Å². The van der Waals surface area contributed by atoms with Gasteiger partial charge in [-0.1, -0.05) is 12.1 Å². The highest BCUT2D eigenvalue weighted by molar-refractivity contribution is 5.94. The fourth-order valence-corrected chi connectivity index (χ4v) is 3.61. The van der Waals surface area contributed by atoms with E-state index in [-0.39, 0.29) is 11.9 Å². The molecule has 2 aromatic heterocycles. The molecule has 2 aromatic carbocycles. The van der Waals surface area contributed by atoms with Crippen molar-refractivity contribution >= 4 is 34.1 Å². The van der Waals surface area contributed by atoms with E-state index in [2.05, 4.69) is 25.8 Å². The number of aromatic nitrogens is 5. The van der Waals surface area contributed by atoms with E-state index >= 15 is 0 Å². The average molecular weight is 388 g/mol. The molecule has 0 radical (unpaired) electrons. The Kier molecular flexibility index (Phi) is 4.28. The number of nitrogens with one attached hydrogen (secondary N) is 1. The predicted octanol–water partition coefficient (Wildman–Crippen LogP) is 1.98. The summed E-state index contributed by atoms with van der Waals surface area (Å²) >= 11 is 0. The van der Waals surface area contributed by atoms with E-state index in [1.54, 1.807) is 4.52 Å². The van der Waals surface area contributed by atoms with Gasteiger partial charge in [-0.3, -0.25) is 4.79 Å². The number of carbonyl (C=O) groups is 1. The van der Waals surface area contributed by atoms with Gasteiger partial charge in [0.1, 0.15) is 0 Å². The summed E-state index contributed by atoms with van der Waals surface area (Å²) in [4.78, 5) is 19.2. The number of hydrogen-bond acceptors (Lipinski definition) is 7. The zero-order valence-corrected chi connectivity index (χ0v) is 15.7. The number of rotatable bonds is 3. The summed E-state index contributed by atoms with van der Waals surface area (Å²) < 4.78 is 1.66. The quantitative estimate of drug-likeness (QED) is 0.551. The summed E-state index contributed by atoms with van der Waals surface area (Å²) in [5.41, 5.74) is 9.54. The molecule has 9 heteroatoms. The van der Waals surface area contributed by atoms with E-state index in [1.165, 1.54) is 0 Å². The van der Waals surface area contributed by atoms with Crippen molar-refractivity contribution in [2.75, 3.05) is 18.4 Å². The second-order valence-electron chi connectivity index (χ2n) is 7.20. The van der Waals surface area contributed by atoms with Crippen LogP contribution in [0.3, 0.4) is 0 Å². The highest BCUT2D eigenvalue weighted by Crippen LogP contribution is 2.23. The maximum atomic E-state index is 12.7. The monoisotopic (exact) mass is 388 g/mol. The lowest BCUT2D eigenvalue weighted by Crippen LogP contribution is -2.42. The molecule has 3 N–H and O–H groups in total. The number of anilines is 2. The van der Waals surface area contributed by atoms with Crippen LogP contribution in [0, 0.1) is 0 Å². The van der Waals surface area contributed by atoms with Crippen LogP contribution < -0.4 is 11.1 Å². The standard InChI is InChI=1S/C20H20N8O/c21-14-9-11-27(12-10-14)20(29)13-5-7-15(8-6-13)22-18-19-24-25-26-28(19)17-4-2-1-3-16(17)23-18/h1-8,14H,9-12,21H2,(H,22,23). The Balaban J connectivity index is 1.40. The molecule has 146 valence electrons. The Morgan fingerprint density at radius 2 is 1.83 bits per heavy atom. The number of nitrogens with two attached hydrogens (primary N) is 1. The molecule has 0 spiro atoms. The number of nitrogens with zero attached hydrogens (tertiary/aromatic N) is 6. The molecule has 29 heavy (non-hydrogen) atoms. The van der Waals surface area contributed by atoms with Crippen LogP contribution in [0.25, 0.3) is 16.7 Å². The third-order valence-corrected chi connectivity index (χ3v) is 5.24. The topological polar surface area (TPSA) is 114 Å². The minimum absolute atomic E-state index is 0.0383. The minimum Gasteiger partial charge on any atom is -0.339 e. The van der Waals surface area contributed by atoms with Gasteiger partial charge in [0.15, 0.2) is 5.82 Å². The molecule has 1 amide bonds. The highest BCUT2D eigenvalue weighted by Gasteiger charge is 2.21. The molecule has 1 aliphatic rings. The van der Waals surface area contributed by atoms with E-state index in [4.69, 9.17) is 5.73 Å². The van der Waals surface area contributed by atoms with E-state index in [1.807, 2.05) is 53.4 Å². The highest BCUT2D eigenvalue weighted by atomic mass is 16.2. The maximum absolute atomic E-state index is 12.7. The van der Waals surface area contributed by atoms with Gasteiger partial charge < -0.3 is 16.0 Å². The molecule has 0 aliphatic carbocycles. The predicted molar refractivity (Wildman–Crippen MR) is 109 cm³/mol. The van der Waals surface area contributed by atoms with Gasteiger partial charge in [-0.25, -0.2) is 4.98 Å². The SMILES string of the molecule is NC1CCN(C(=O)c2ccc(Nc3nc4ccccc4n4nnnc34)cc2)CC1. The van der Waals surface area contributed by atoms with Gasteiger partial charge in [-0.05, 0) is 59.7 Å². The van der Waals surface area contributed by atoms with E-state index in [0.29, 0.717) is 30.1 Å². The van der Waals surface area contributed by atoms with Crippen LogP contribution in [-0.2, 0) is 0 Å². The van der Waals surface area contributed by atoms with Gasteiger partial charge in [-0.15, -0.1) is 5.10 Å². The zero-order valence-electron chi connectivity index (χ0n) is 15.7. The van der Waals surface area contributed by atoms with Crippen molar-refractivity contribution in [3.63, 3.8) is 0 Å². The van der Waals surface area contributed by atoms with Crippen LogP contribution in [0.5, 0.6) is 0 Å². The molecule has 9 nitrogen and oxygen atoms in total. The molecule has 0 saturated carbocycles. The Labute approximate surface area is 166 Å². The summed E-state index contributed by atoms with van der Waals surface area (Å²) in [6, 6.07) is 15.2. The van der Waals surface area contributed by atoms with Crippen LogP contribution in [0.15, 0.2) is 48.5 Å². The number of para-hydroxylation sites is 2. The van der Waals surface area contributed by atoms with Gasteiger partial charge in [-0.2, -0.15) is 4.52 Å². The van der Waals surface area contributed by atoms with Crippen molar-refractivity contribution in [3.05, 3.63) is 54.1 Å². The average Bonchev–Trinajstić information content (AvgIpc) is 3.25. The molecule has 5 rings (SSSR count). The molecule has 1 saturated heterocycles. The van der Waals surface area contributed by atoms with Crippen molar-refractivity contribution < 1.29 is 4.79 Å². The van der Waals surface area contributed by atoms with Crippen molar-refractivity contribution in [2.24, 2.45) is 5.73 Å². The first-order valence-electron chi connectivity index (χ1n) is 9.58. The van der Waals surface area contributed by atoms with Gasteiger partial charge in [0.05, 0.1) is 11.0 Å². The van der Waals surface area contributed by atoms with Crippen molar-refractivity contribution in [3.8, 4) is 0 Å². The van der Waals surface area contributed by atoms with Gasteiger partial charge >= 0.3 is 0 Å². The van der Waals surface area contributed by atoms with Crippen LogP contribution in [0.2, 0.25) is 0 Å². The smallest absolute Gasteiger partial charge is 0.253 e. The molecule has 0 bridgehead atoms. The maximum Gasteiger partial charge on any atom is 0.253 e. The lowest BCUT2D eigenvalue weighted by atomic mass is 10.0. The first kappa shape index (κ1) is 17.5. The number of fused-ring (bicyclic) bond motifs is 3. The largest absolute Gasteiger partial charge is 0.339 e. The minimum atomic E-state index is 0.0383. The van der Waals surface area contributed by atoms with Crippen LogP contribution in [-0.4, -0.2) is 55.0 Å². The van der Waals surface area contributed by atoms with Crippen LogP contribution in [0.1, 0.15) is 23.2 Å². The number of carbonyl (C=O) groups excluding carboxylic acids is 1. The molecular formula is C20H20N8O. The number of benzene rings is 2. The second-order valence-corrected chi connectivity index (χ2v) is 7.20. The summed E-state index contributed by atoms with van der Waals surface area (Å²) in [7, 11) is 0. The van der Waals surface area contributed by atoms with Gasteiger partial charge in [0, 0.05) is 30.4 Å². The molecular weight excluding hydrogens is 368 g/mol. The molecule has 3 heterocycles. The summed E-state index contributed by atoms with van der Waals surface area (Å²) in [6.07, 6.45) is 1.70. The number of hydrogen-bond donors (Lipinski definition) is 2. The Morgan fingerprint density at radius 1 is 1.07 bits per heavy atom. The van der Waals surface area contributed by atoms with Crippen molar-refractivity contribution in [2.45, 2.75) is 18.9 Å². The lowest BCUT2D eigenvalue weighted by Gasteiger charge is -2.30. The number of piperidine rings is 1. The Hall–Kier alpha value is -3.59. The Bertz CT molecular complexity index is 1180. The van der Waals surface area contributed by atoms with Gasteiger partial charge in [0.25, 0.3) is 5.91 Å². The normalized spacial score (nSPS) is 15.1. The van der Waals surface area contributed by atoms with Crippen molar-refractivity contribution in [1.29, 1.82) is 0 Å². The fourth-order valence-electron chi connectivity index (χ4n) is 3.61. The summed E-state index contributed by atoms with van der Waals surface area (Å²) in [5.74, 6) is 0.592. The third kappa shape index (κ3) is 3.25. The Morgan fingerprint density at radius 3 is 2.62 bits per heavy atom. The third-order valence-electron chi connectivity index (χ3n) is 5.24. The van der Waals surface area contributed by atoms with E-state index in [9.17, 15) is 4.79 Å². The second kappa shape index (κ2) is 7.10. The first-order chi connectivity index (χ1) is 14.2. The summed E-state index contributed by atoms with van der Waals surface area (Å²) in [5, 5.41) is 15.2. The number of likely N-dealkylation sites (tertiary alicyclic amines) is 1. The van der Waals surface area contributed by atoms with Crippen LogP contribution in [0.4, 0.5) is 11.5 Å². The fraction of sp³-hybridized carbons (Fsp3) is 0.250. The lowest BCUT2D eigenvalue weighted by molar-refractivity contribution is 0.0715. The number of tetrazole rings is 1. The number of amides is 1. The first-order valence-corrected chi connectivity index (χ1v) is 9.58. The molecule has 4 aromatic rings. The van der Waals surface area contributed by atoms with E-state index < -0.39 is 0 Å². The zero-order chi connectivity index (χ0) is 19.8. The van der Waals surface area contributed by atoms with Crippen molar-refractivity contribution in [1.82, 2.24) is 29.9 Å².